The summed E-state index contributed by atoms with van der Waals surface area (Å²) in [5.74, 6) is -0.751. The number of aromatic amines is 1. The predicted molar refractivity (Wildman–Crippen MR) is 89.7 cm³/mol. The lowest BCUT2D eigenvalue weighted by atomic mass is 10.1. The van der Waals surface area contributed by atoms with E-state index in [9.17, 15) is 12.8 Å². The normalized spacial score (nSPS) is 17.0. The van der Waals surface area contributed by atoms with Crippen LogP contribution in [0.3, 0.4) is 0 Å². The molecule has 0 saturated carbocycles. The first-order chi connectivity index (χ1) is 11.8. The van der Waals surface area contributed by atoms with E-state index in [1.54, 1.807) is 13.8 Å². The summed E-state index contributed by atoms with van der Waals surface area (Å²) in [6.07, 6.45) is 1.89. The van der Waals surface area contributed by atoms with E-state index < -0.39 is 15.8 Å². The van der Waals surface area contributed by atoms with Crippen molar-refractivity contribution in [3.8, 4) is 5.88 Å². The summed E-state index contributed by atoms with van der Waals surface area (Å²) in [5, 5.41) is 6.83. The fourth-order valence-electron chi connectivity index (χ4n) is 2.89. The number of aromatic nitrogens is 3. The topological polar surface area (TPSA) is 88.2 Å². The van der Waals surface area contributed by atoms with Crippen LogP contribution in [0, 0.1) is 19.7 Å². The Balaban J connectivity index is 1.67. The highest BCUT2D eigenvalue weighted by molar-refractivity contribution is 7.89. The van der Waals surface area contributed by atoms with Crippen molar-refractivity contribution in [1.29, 1.82) is 0 Å². The minimum Gasteiger partial charge on any atom is -0.472 e. The van der Waals surface area contributed by atoms with E-state index in [2.05, 4.69) is 15.2 Å². The third kappa shape index (κ3) is 3.63. The molecule has 3 heterocycles. The Bertz CT molecular complexity index is 859. The van der Waals surface area contributed by atoms with Gasteiger partial charge in [0.05, 0.1) is 16.4 Å². The first-order valence-corrected chi connectivity index (χ1v) is 9.60. The third-order valence-electron chi connectivity index (χ3n) is 4.11. The highest BCUT2D eigenvalue weighted by Crippen LogP contribution is 2.27. The van der Waals surface area contributed by atoms with Gasteiger partial charge in [0.2, 0.25) is 10.0 Å². The summed E-state index contributed by atoms with van der Waals surface area (Å²) < 4.78 is 46.3. The molecular formula is C15H18ClFN4O3S. The van der Waals surface area contributed by atoms with Gasteiger partial charge >= 0.3 is 0 Å². The third-order valence-corrected chi connectivity index (χ3v) is 6.48. The zero-order valence-electron chi connectivity index (χ0n) is 13.8. The number of hydrogen-bond donors (Lipinski definition) is 1. The standard InChI is InChI=1S/C15H18ClFN4O3S/c1-9-14(10(2)20-19-9)25(22,23)21-5-3-12(4-6-21)24-15-13(17)7-11(16)8-18-15/h7-8,12H,3-6H2,1-2H3,(H,19,20). The SMILES string of the molecule is Cc1n[nH]c(C)c1S(=O)(=O)N1CCC(Oc2ncc(Cl)cc2F)CC1. The van der Waals surface area contributed by atoms with Gasteiger partial charge in [-0.3, -0.25) is 5.10 Å². The molecule has 0 amide bonds. The Morgan fingerprint density at radius 3 is 2.60 bits per heavy atom. The first kappa shape index (κ1) is 18.1. The van der Waals surface area contributed by atoms with Crippen LogP contribution in [0.1, 0.15) is 24.2 Å². The van der Waals surface area contributed by atoms with Gasteiger partial charge in [-0.2, -0.15) is 9.40 Å². The maximum atomic E-state index is 13.8. The molecule has 2 aromatic heterocycles. The molecule has 7 nitrogen and oxygen atoms in total. The number of piperidine rings is 1. The number of H-pyrrole nitrogens is 1. The molecule has 1 saturated heterocycles. The summed E-state index contributed by atoms with van der Waals surface area (Å²) in [6.45, 7) is 3.90. The van der Waals surface area contributed by atoms with E-state index in [1.165, 1.54) is 10.5 Å². The monoisotopic (exact) mass is 388 g/mol. The molecular weight excluding hydrogens is 371 g/mol. The average molecular weight is 389 g/mol. The molecule has 1 aliphatic heterocycles. The van der Waals surface area contributed by atoms with Gasteiger partial charge in [0.1, 0.15) is 11.0 Å². The molecule has 10 heteroatoms. The molecule has 25 heavy (non-hydrogen) atoms. The summed E-state index contributed by atoms with van der Waals surface area (Å²) in [4.78, 5) is 4.05. The number of nitrogens with one attached hydrogen (secondary N) is 1. The van der Waals surface area contributed by atoms with E-state index in [0.717, 1.165) is 6.07 Å². The van der Waals surface area contributed by atoms with Crippen LogP contribution in [0.25, 0.3) is 0 Å². The molecule has 1 N–H and O–H groups in total. The summed E-state index contributed by atoms with van der Waals surface area (Å²) in [6, 6.07) is 1.13. The molecule has 0 radical (unpaired) electrons. The second kappa shape index (κ2) is 6.89. The van der Waals surface area contributed by atoms with Crippen molar-refractivity contribution in [2.24, 2.45) is 0 Å². The number of hydrogen-bond acceptors (Lipinski definition) is 5. The van der Waals surface area contributed by atoms with Gasteiger partial charge in [-0.1, -0.05) is 11.6 Å². The Kier molecular flexibility index (Phi) is 4.99. The number of pyridine rings is 1. The maximum Gasteiger partial charge on any atom is 0.250 e. The minimum atomic E-state index is -3.61. The Hall–Kier alpha value is -1.71. The van der Waals surface area contributed by atoms with Crippen LogP contribution >= 0.6 is 11.6 Å². The van der Waals surface area contributed by atoms with E-state index in [1.807, 2.05) is 0 Å². The lowest BCUT2D eigenvalue weighted by Crippen LogP contribution is -2.42. The van der Waals surface area contributed by atoms with Crippen LogP contribution in [0.2, 0.25) is 5.02 Å². The van der Waals surface area contributed by atoms with E-state index in [4.69, 9.17) is 16.3 Å². The molecule has 0 aromatic carbocycles. The molecule has 0 aliphatic carbocycles. The van der Waals surface area contributed by atoms with Crippen molar-refractivity contribution in [2.75, 3.05) is 13.1 Å². The molecule has 0 bridgehead atoms. The lowest BCUT2D eigenvalue weighted by molar-refractivity contribution is 0.124. The molecule has 1 aliphatic rings. The van der Waals surface area contributed by atoms with Crippen LogP contribution in [0.15, 0.2) is 17.2 Å². The smallest absolute Gasteiger partial charge is 0.250 e. The number of sulfonamides is 1. The molecule has 2 aromatic rings. The number of rotatable bonds is 4. The second-order valence-electron chi connectivity index (χ2n) is 5.92. The van der Waals surface area contributed by atoms with Crippen LogP contribution < -0.4 is 4.74 Å². The molecule has 1 fully saturated rings. The average Bonchev–Trinajstić information content (AvgIpc) is 2.90. The Morgan fingerprint density at radius 1 is 1.36 bits per heavy atom. The highest BCUT2D eigenvalue weighted by Gasteiger charge is 2.33. The molecule has 0 spiro atoms. The van der Waals surface area contributed by atoms with Crippen LogP contribution in [-0.2, 0) is 10.0 Å². The van der Waals surface area contributed by atoms with Crippen molar-refractivity contribution < 1.29 is 17.5 Å². The van der Waals surface area contributed by atoms with Crippen molar-refractivity contribution in [2.45, 2.75) is 37.7 Å². The quantitative estimate of drug-likeness (QED) is 0.869. The van der Waals surface area contributed by atoms with Gasteiger partial charge in [-0.15, -0.1) is 0 Å². The van der Waals surface area contributed by atoms with Crippen molar-refractivity contribution in [3.05, 3.63) is 34.5 Å². The molecule has 0 atom stereocenters. The van der Waals surface area contributed by atoms with E-state index in [-0.39, 0.29) is 35.0 Å². The van der Waals surface area contributed by atoms with Crippen molar-refractivity contribution >= 4 is 21.6 Å². The summed E-state index contributed by atoms with van der Waals surface area (Å²) in [7, 11) is -3.61. The Morgan fingerprint density at radius 2 is 2.04 bits per heavy atom. The highest BCUT2D eigenvalue weighted by atomic mass is 35.5. The first-order valence-electron chi connectivity index (χ1n) is 7.78. The summed E-state index contributed by atoms with van der Waals surface area (Å²) >= 11 is 5.66. The Labute approximate surface area is 150 Å². The fourth-order valence-corrected chi connectivity index (χ4v) is 4.83. The molecule has 136 valence electrons. The van der Waals surface area contributed by atoms with E-state index in [0.29, 0.717) is 24.2 Å². The summed E-state index contributed by atoms with van der Waals surface area (Å²) in [5.41, 5.74) is 0.964. The lowest BCUT2D eigenvalue weighted by Gasteiger charge is -2.31. The molecule has 3 rings (SSSR count). The predicted octanol–water partition coefficient (Wildman–Crippen LogP) is 2.45. The van der Waals surface area contributed by atoms with Gasteiger partial charge in [0.25, 0.3) is 5.88 Å². The van der Waals surface area contributed by atoms with Gasteiger partial charge < -0.3 is 4.74 Å². The zero-order valence-corrected chi connectivity index (χ0v) is 15.4. The van der Waals surface area contributed by atoms with E-state index >= 15 is 0 Å². The van der Waals surface area contributed by atoms with Crippen molar-refractivity contribution in [3.63, 3.8) is 0 Å². The van der Waals surface area contributed by atoms with Gasteiger partial charge in [-0.25, -0.2) is 17.8 Å². The van der Waals surface area contributed by atoms with Gasteiger partial charge in [-0.05, 0) is 32.8 Å². The van der Waals surface area contributed by atoms with Gasteiger partial charge in [0, 0.05) is 19.3 Å². The number of ether oxygens (including phenoxy) is 1. The maximum absolute atomic E-state index is 13.8. The minimum absolute atomic E-state index is 0.118. The fraction of sp³-hybridized carbons (Fsp3) is 0.467. The van der Waals surface area contributed by atoms with Crippen molar-refractivity contribution in [1.82, 2.24) is 19.5 Å². The zero-order chi connectivity index (χ0) is 18.2. The van der Waals surface area contributed by atoms with Crippen LogP contribution in [0.4, 0.5) is 4.39 Å². The number of aryl methyl sites for hydroxylation is 2. The number of nitrogens with zero attached hydrogens (tertiary/aromatic N) is 3. The van der Waals surface area contributed by atoms with Crippen LogP contribution in [-0.4, -0.2) is 47.1 Å². The number of halogens is 2. The second-order valence-corrected chi connectivity index (χ2v) is 8.24. The molecule has 0 unspecified atom stereocenters. The van der Waals surface area contributed by atoms with Crippen LogP contribution in [0.5, 0.6) is 5.88 Å². The largest absolute Gasteiger partial charge is 0.472 e. The van der Waals surface area contributed by atoms with Gasteiger partial charge in [0.15, 0.2) is 5.82 Å².